The van der Waals surface area contributed by atoms with Crippen LogP contribution in [-0.4, -0.2) is 31.7 Å². The molecule has 0 spiro atoms. The van der Waals surface area contributed by atoms with Crippen LogP contribution < -0.4 is 5.32 Å². The van der Waals surface area contributed by atoms with Gasteiger partial charge in [0.1, 0.15) is 0 Å². The van der Waals surface area contributed by atoms with Crippen LogP contribution in [0.25, 0.3) is 0 Å². The first-order valence-corrected chi connectivity index (χ1v) is 11.4. The van der Waals surface area contributed by atoms with Gasteiger partial charge in [-0.2, -0.15) is 4.31 Å². The Balaban J connectivity index is 1.39. The number of carbonyl (C=O) groups excluding carboxylic acids is 1. The monoisotopic (exact) mass is 418 g/mol. The number of amides is 1. The van der Waals surface area contributed by atoms with Gasteiger partial charge in [-0.05, 0) is 79.6 Å². The molecular weight excluding hydrogens is 396 g/mol. The Morgan fingerprint density at radius 2 is 1.68 bits per heavy atom. The van der Waals surface area contributed by atoms with Gasteiger partial charge in [0.05, 0.1) is 4.90 Å². The van der Waals surface area contributed by atoms with Gasteiger partial charge in [-0.3, -0.25) is 4.79 Å². The minimum atomic E-state index is -3.51. The third kappa shape index (κ3) is 3.95. The van der Waals surface area contributed by atoms with E-state index in [1.807, 2.05) is 12.1 Å². The summed E-state index contributed by atoms with van der Waals surface area (Å²) in [7, 11) is -3.51. The summed E-state index contributed by atoms with van der Waals surface area (Å²) in [6.07, 6.45) is 4.11. The number of halogens is 1. The average molecular weight is 419 g/mol. The first-order valence-electron chi connectivity index (χ1n) is 9.62. The van der Waals surface area contributed by atoms with Gasteiger partial charge in [0.25, 0.3) is 0 Å². The Hall–Kier alpha value is -1.89. The number of hydrogen-bond acceptors (Lipinski definition) is 3. The molecule has 2 aromatic rings. The molecule has 148 valence electrons. The van der Waals surface area contributed by atoms with Crippen molar-refractivity contribution in [2.24, 2.45) is 5.92 Å². The van der Waals surface area contributed by atoms with E-state index in [1.54, 1.807) is 30.3 Å². The van der Waals surface area contributed by atoms with Crippen molar-refractivity contribution in [1.29, 1.82) is 0 Å². The molecule has 1 N–H and O–H groups in total. The highest BCUT2D eigenvalue weighted by Gasteiger charge is 2.32. The van der Waals surface area contributed by atoms with Crippen LogP contribution in [0.2, 0.25) is 5.02 Å². The molecule has 0 bridgehead atoms. The molecule has 1 saturated heterocycles. The summed E-state index contributed by atoms with van der Waals surface area (Å²) in [5.74, 6) is -0.265. The molecule has 4 rings (SSSR count). The minimum Gasteiger partial charge on any atom is -0.326 e. The Morgan fingerprint density at radius 1 is 1.00 bits per heavy atom. The fraction of sp³-hybridized carbons (Fsp3) is 0.381. The number of sulfonamides is 1. The highest BCUT2D eigenvalue weighted by atomic mass is 35.5. The first kappa shape index (κ1) is 19.4. The molecule has 0 unspecified atom stereocenters. The lowest BCUT2D eigenvalue weighted by Gasteiger charge is -2.30. The van der Waals surface area contributed by atoms with Gasteiger partial charge in [0.2, 0.25) is 15.9 Å². The van der Waals surface area contributed by atoms with Crippen LogP contribution in [0.1, 0.15) is 30.4 Å². The maximum Gasteiger partial charge on any atom is 0.243 e. The smallest absolute Gasteiger partial charge is 0.243 e. The van der Waals surface area contributed by atoms with Crippen molar-refractivity contribution in [3.8, 4) is 0 Å². The maximum atomic E-state index is 13.0. The highest BCUT2D eigenvalue weighted by Crippen LogP contribution is 2.29. The van der Waals surface area contributed by atoms with Gasteiger partial charge in [-0.1, -0.05) is 17.7 Å². The third-order valence-corrected chi connectivity index (χ3v) is 7.79. The molecule has 5 nitrogen and oxygen atoms in total. The number of nitrogens with one attached hydrogen (secondary N) is 1. The summed E-state index contributed by atoms with van der Waals surface area (Å²) in [5, 5.41) is 3.50. The maximum absolute atomic E-state index is 13.0. The predicted octanol–water partition coefficient (Wildman–Crippen LogP) is 3.87. The zero-order chi connectivity index (χ0) is 19.7. The fourth-order valence-corrected chi connectivity index (χ4v) is 5.64. The number of rotatable bonds is 4. The van der Waals surface area contributed by atoms with E-state index in [9.17, 15) is 13.2 Å². The van der Waals surface area contributed by atoms with Crippen LogP contribution in [-0.2, 0) is 27.7 Å². The summed E-state index contributed by atoms with van der Waals surface area (Å²) < 4.78 is 27.5. The second kappa shape index (κ2) is 7.85. The van der Waals surface area contributed by atoms with Gasteiger partial charge < -0.3 is 5.32 Å². The fourth-order valence-electron chi connectivity index (χ4n) is 3.99. The molecule has 0 atom stereocenters. The van der Waals surface area contributed by atoms with E-state index in [0.29, 0.717) is 41.5 Å². The summed E-state index contributed by atoms with van der Waals surface area (Å²) >= 11 is 5.86. The molecular formula is C21H23ClN2O3S. The number of aryl methyl sites for hydroxylation is 2. The number of anilines is 1. The van der Waals surface area contributed by atoms with Crippen molar-refractivity contribution in [2.75, 3.05) is 18.4 Å². The molecule has 0 saturated carbocycles. The number of benzene rings is 2. The lowest BCUT2D eigenvalue weighted by molar-refractivity contribution is -0.120. The molecule has 1 amide bonds. The van der Waals surface area contributed by atoms with Gasteiger partial charge in [-0.15, -0.1) is 0 Å². The van der Waals surface area contributed by atoms with Crippen molar-refractivity contribution >= 4 is 33.2 Å². The number of carbonyl (C=O) groups is 1. The molecule has 1 aliphatic heterocycles. The molecule has 7 heteroatoms. The van der Waals surface area contributed by atoms with Crippen LogP contribution in [0.15, 0.2) is 47.4 Å². The summed E-state index contributed by atoms with van der Waals surface area (Å²) in [6.45, 7) is 0.718. The Bertz CT molecular complexity index is 981. The van der Waals surface area contributed by atoms with E-state index < -0.39 is 10.0 Å². The second-order valence-electron chi connectivity index (χ2n) is 7.46. The lowest BCUT2D eigenvalue weighted by Crippen LogP contribution is -2.41. The van der Waals surface area contributed by atoms with Crippen molar-refractivity contribution < 1.29 is 13.2 Å². The topological polar surface area (TPSA) is 66.5 Å². The van der Waals surface area contributed by atoms with Crippen LogP contribution in [0, 0.1) is 5.92 Å². The standard InChI is InChI=1S/C21H23ClN2O3S/c22-18-5-7-19(8-6-18)23-21(25)16-10-12-24(13-11-16)28(26,27)20-9-4-15-2-1-3-17(15)14-20/h4-9,14,16H,1-3,10-13H2,(H,23,25). The molecule has 28 heavy (non-hydrogen) atoms. The highest BCUT2D eigenvalue weighted by molar-refractivity contribution is 7.89. The van der Waals surface area contributed by atoms with Crippen LogP contribution in [0.4, 0.5) is 5.69 Å². The second-order valence-corrected chi connectivity index (χ2v) is 9.83. The SMILES string of the molecule is O=C(Nc1ccc(Cl)cc1)C1CCN(S(=O)(=O)c2ccc3c(c2)CCC3)CC1. The van der Waals surface area contributed by atoms with Crippen LogP contribution in [0.3, 0.4) is 0 Å². The number of hydrogen-bond donors (Lipinski definition) is 1. The van der Waals surface area contributed by atoms with E-state index in [2.05, 4.69) is 5.32 Å². The molecule has 2 aromatic carbocycles. The Kier molecular flexibility index (Phi) is 5.45. The summed E-state index contributed by atoms with van der Waals surface area (Å²) in [5.41, 5.74) is 3.11. The van der Waals surface area contributed by atoms with Crippen molar-refractivity contribution in [2.45, 2.75) is 37.0 Å². The normalized spacial score (nSPS) is 18.0. The van der Waals surface area contributed by atoms with Gasteiger partial charge in [0, 0.05) is 29.7 Å². The van der Waals surface area contributed by atoms with E-state index in [4.69, 9.17) is 11.6 Å². The predicted molar refractivity (Wildman–Crippen MR) is 110 cm³/mol. The third-order valence-electron chi connectivity index (χ3n) is 5.64. The first-order chi connectivity index (χ1) is 13.4. The van der Waals surface area contributed by atoms with Crippen molar-refractivity contribution in [3.63, 3.8) is 0 Å². The molecule has 0 radical (unpaired) electrons. The molecule has 1 aliphatic carbocycles. The Labute approximate surface area is 170 Å². The number of fused-ring (bicyclic) bond motifs is 1. The van der Waals surface area contributed by atoms with Crippen LogP contribution in [0.5, 0.6) is 0 Å². The summed E-state index contributed by atoms with van der Waals surface area (Å²) in [4.78, 5) is 12.9. The zero-order valence-electron chi connectivity index (χ0n) is 15.5. The summed E-state index contributed by atoms with van der Waals surface area (Å²) in [6, 6.07) is 12.5. The molecule has 1 heterocycles. The van der Waals surface area contributed by atoms with Crippen molar-refractivity contribution in [1.82, 2.24) is 4.31 Å². The zero-order valence-corrected chi connectivity index (χ0v) is 17.1. The number of piperidine rings is 1. The van der Waals surface area contributed by atoms with Crippen LogP contribution >= 0.6 is 11.6 Å². The van der Waals surface area contributed by atoms with E-state index >= 15 is 0 Å². The van der Waals surface area contributed by atoms with Gasteiger partial charge in [-0.25, -0.2) is 8.42 Å². The quantitative estimate of drug-likeness (QED) is 0.819. The van der Waals surface area contributed by atoms with Gasteiger partial charge in [0.15, 0.2) is 0 Å². The largest absolute Gasteiger partial charge is 0.326 e. The number of nitrogens with zero attached hydrogens (tertiary/aromatic N) is 1. The Morgan fingerprint density at radius 3 is 2.39 bits per heavy atom. The molecule has 0 aromatic heterocycles. The van der Waals surface area contributed by atoms with E-state index in [-0.39, 0.29) is 11.8 Å². The minimum absolute atomic E-state index is 0.0723. The molecule has 2 aliphatic rings. The van der Waals surface area contributed by atoms with Gasteiger partial charge >= 0.3 is 0 Å². The van der Waals surface area contributed by atoms with E-state index in [1.165, 1.54) is 9.87 Å². The lowest BCUT2D eigenvalue weighted by atomic mass is 9.97. The van der Waals surface area contributed by atoms with E-state index in [0.717, 1.165) is 24.8 Å². The average Bonchev–Trinajstić information content (AvgIpc) is 3.17. The molecule has 1 fully saturated rings. The van der Waals surface area contributed by atoms with Crippen molar-refractivity contribution in [3.05, 3.63) is 58.6 Å².